The summed E-state index contributed by atoms with van der Waals surface area (Å²) in [7, 11) is 0. The number of oxazole rings is 1. The van der Waals surface area contributed by atoms with E-state index in [4.69, 9.17) is 9.52 Å². The SMILES string of the molecule is OCc1coc(-c2cccs2)n1. The number of nitrogens with zero attached hydrogens (tertiary/aromatic N) is 1. The third-order valence-electron chi connectivity index (χ3n) is 1.45. The minimum absolute atomic E-state index is 0.0745. The Balaban J connectivity index is 2.35. The highest BCUT2D eigenvalue weighted by Crippen LogP contribution is 2.23. The lowest BCUT2D eigenvalue weighted by atomic mass is 10.5. The molecule has 0 aliphatic rings. The smallest absolute Gasteiger partial charge is 0.236 e. The van der Waals surface area contributed by atoms with Gasteiger partial charge in [-0.05, 0) is 11.4 Å². The molecule has 0 unspecified atom stereocenters. The Hall–Kier alpha value is -1.13. The van der Waals surface area contributed by atoms with Crippen LogP contribution in [-0.2, 0) is 6.61 Å². The zero-order valence-corrected chi connectivity index (χ0v) is 7.04. The highest BCUT2D eigenvalue weighted by atomic mass is 32.1. The van der Waals surface area contributed by atoms with Gasteiger partial charge in [0.05, 0.1) is 11.5 Å². The molecule has 0 saturated heterocycles. The molecule has 2 aromatic heterocycles. The number of rotatable bonds is 2. The Morgan fingerprint density at radius 2 is 2.50 bits per heavy atom. The quantitative estimate of drug-likeness (QED) is 0.769. The van der Waals surface area contributed by atoms with Crippen LogP contribution in [0.15, 0.2) is 28.2 Å². The van der Waals surface area contributed by atoms with Gasteiger partial charge < -0.3 is 9.52 Å². The van der Waals surface area contributed by atoms with Gasteiger partial charge in [-0.2, -0.15) is 0 Å². The summed E-state index contributed by atoms with van der Waals surface area (Å²) < 4.78 is 5.14. The van der Waals surface area contributed by atoms with Crippen LogP contribution in [-0.4, -0.2) is 10.1 Å². The van der Waals surface area contributed by atoms with Crippen LogP contribution in [0.4, 0.5) is 0 Å². The van der Waals surface area contributed by atoms with Gasteiger partial charge in [-0.3, -0.25) is 0 Å². The van der Waals surface area contributed by atoms with Gasteiger partial charge in [0.2, 0.25) is 5.89 Å². The van der Waals surface area contributed by atoms with Crippen LogP contribution in [0.3, 0.4) is 0 Å². The van der Waals surface area contributed by atoms with Crippen molar-refractivity contribution < 1.29 is 9.52 Å². The molecule has 0 atom stereocenters. The molecule has 0 spiro atoms. The zero-order chi connectivity index (χ0) is 8.39. The van der Waals surface area contributed by atoms with Crippen molar-refractivity contribution in [2.45, 2.75) is 6.61 Å². The number of hydrogen-bond acceptors (Lipinski definition) is 4. The fourth-order valence-corrected chi connectivity index (χ4v) is 1.55. The van der Waals surface area contributed by atoms with Gasteiger partial charge in [-0.25, -0.2) is 4.98 Å². The molecular weight excluding hydrogens is 174 g/mol. The molecule has 0 bridgehead atoms. The number of thiophene rings is 1. The van der Waals surface area contributed by atoms with Gasteiger partial charge in [0.15, 0.2) is 0 Å². The van der Waals surface area contributed by atoms with E-state index in [2.05, 4.69) is 4.98 Å². The summed E-state index contributed by atoms with van der Waals surface area (Å²) in [5.74, 6) is 0.578. The molecule has 0 aliphatic heterocycles. The number of aromatic nitrogens is 1. The predicted molar refractivity (Wildman–Crippen MR) is 45.7 cm³/mol. The van der Waals surface area contributed by atoms with E-state index in [-0.39, 0.29) is 6.61 Å². The molecule has 1 N–H and O–H groups in total. The third kappa shape index (κ3) is 1.26. The standard InChI is InChI=1S/C8H7NO2S/c10-4-6-5-11-8(9-6)7-2-1-3-12-7/h1-3,5,10H,4H2. The first-order chi connectivity index (χ1) is 5.90. The summed E-state index contributed by atoms with van der Waals surface area (Å²) in [4.78, 5) is 5.05. The summed E-state index contributed by atoms with van der Waals surface area (Å²) in [6, 6.07) is 3.86. The first-order valence-corrected chi connectivity index (χ1v) is 4.37. The van der Waals surface area contributed by atoms with Crippen LogP contribution in [0.25, 0.3) is 10.8 Å². The molecule has 0 amide bonds. The van der Waals surface area contributed by atoms with Crippen molar-refractivity contribution in [1.29, 1.82) is 0 Å². The molecule has 0 saturated carbocycles. The Morgan fingerprint density at radius 1 is 1.58 bits per heavy atom. The van der Waals surface area contributed by atoms with Gasteiger partial charge in [-0.15, -0.1) is 11.3 Å². The second-order valence-corrected chi connectivity index (χ2v) is 3.23. The van der Waals surface area contributed by atoms with Gasteiger partial charge in [0.1, 0.15) is 12.0 Å². The van der Waals surface area contributed by atoms with E-state index in [1.165, 1.54) is 6.26 Å². The molecule has 2 heterocycles. The van der Waals surface area contributed by atoms with Crippen LogP contribution < -0.4 is 0 Å². The summed E-state index contributed by atoms with van der Waals surface area (Å²) >= 11 is 1.56. The van der Waals surface area contributed by atoms with E-state index in [0.717, 1.165) is 4.88 Å². The first-order valence-electron chi connectivity index (χ1n) is 3.49. The normalized spacial score (nSPS) is 10.4. The maximum Gasteiger partial charge on any atom is 0.236 e. The fraction of sp³-hybridized carbons (Fsp3) is 0.125. The second kappa shape index (κ2) is 3.08. The summed E-state index contributed by atoms with van der Waals surface area (Å²) in [5, 5.41) is 10.7. The van der Waals surface area contributed by atoms with E-state index in [1.807, 2.05) is 17.5 Å². The van der Waals surface area contributed by atoms with Crippen molar-refractivity contribution in [2.24, 2.45) is 0 Å². The molecule has 0 aliphatic carbocycles. The van der Waals surface area contributed by atoms with Crippen molar-refractivity contribution in [3.63, 3.8) is 0 Å². The largest absolute Gasteiger partial charge is 0.443 e. The maximum atomic E-state index is 8.73. The van der Waals surface area contributed by atoms with Crippen molar-refractivity contribution in [1.82, 2.24) is 4.98 Å². The van der Waals surface area contributed by atoms with Gasteiger partial charge in [-0.1, -0.05) is 6.07 Å². The van der Waals surface area contributed by atoms with E-state index < -0.39 is 0 Å². The highest BCUT2D eigenvalue weighted by molar-refractivity contribution is 7.13. The van der Waals surface area contributed by atoms with Crippen molar-refractivity contribution in [3.05, 3.63) is 29.5 Å². The summed E-state index contributed by atoms with van der Waals surface area (Å²) in [6.07, 6.45) is 1.47. The Labute approximate surface area is 73.3 Å². The van der Waals surface area contributed by atoms with Crippen LogP contribution in [0, 0.1) is 0 Å². The number of hydrogen-bond donors (Lipinski definition) is 1. The monoisotopic (exact) mass is 181 g/mol. The van der Waals surface area contributed by atoms with Crippen molar-refractivity contribution in [3.8, 4) is 10.8 Å². The lowest BCUT2D eigenvalue weighted by Gasteiger charge is -1.84. The van der Waals surface area contributed by atoms with Crippen LogP contribution in [0.5, 0.6) is 0 Å². The lowest BCUT2D eigenvalue weighted by molar-refractivity contribution is 0.276. The Bertz CT molecular complexity index is 353. The number of aliphatic hydroxyl groups excluding tert-OH is 1. The topological polar surface area (TPSA) is 46.3 Å². The van der Waals surface area contributed by atoms with Crippen LogP contribution >= 0.6 is 11.3 Å². The van der Waals surface area contributed by atoms with Gasteiger partial charge in [0, 0.05) is 0 Å². The lowest BCUT2D eigenvalue weighted by Crippen LogP contribution is -1.80. The molecule has 0 aromatic carbocycles. The predicted octanol–water partition coefficient (Wildman–Crippen LogP) is 1.90. The van der Waals surface area contributed by atoms with Crippen molar-refractivity contribution >= 4 is 11.3 Å². The Morgan fingerprint density at radius 3 is 3.08 bits per heavy atom. The summed E-state index contributed by atoms with van der Waals surface area (Å²) in [5.41, 5.74) is 0.568. The maximum absolute atomic E-state index is 8.73. The molecule has 3 nitrogen and oxygen atoms in total. The molecular formula is C8H7NO2S. The zero-order valence-electron chi connectivity index (χ0n) is 6.23. The van der Waals surface area contributed by atoms with Crippen LogP contribution in [0.1, 0.15) is 5.69 Å². The number of aliphatic hydroxyl groups is 1. The van der Waals surface area contributed by atoms with E-state index in [1.54, 1.807) is 11.3 Å². The Kier molecular flexibility index (Phi) is 1.93. The molecule has 0 fully saturated rings. The molecule has 4 heteroatoms. The van der Waals surface area contributed by atoms with E-state index in [9.17, 15) is 0 Å². The van der Waals surface area contributed by atoms with E-state index in [0.29, 0.717) is 11.6 Å². The van der Waals surface area contributed by atoms with Gasteiger partial charge >= 0.3 is 0 Å². The average Bonchev–Trinajstić information content (AvgIpc) is 2.75. The highest BCUT2D eigenvalue weighted by Gasteiger charge is 2.05. The third-order valence-corrected chi connectivity index (χ3v) is 2.30. The van der Waals surface area contributed by atoms with Gasteiger partial charge in [0.25, 0.3) is 0 Å². The van der Waals surface area contributed by atoms with E-state index >= 15 is 0 Å². The summed E-state index contributed by atoms with van der Waals surface area (Å²) in [6.45, 7) is -0.0745. The molecule has 2 aromatic rings. The minimum Gasteiger partial charge on any atom is -0.443 e. The fourth-order valence-electron chi connectivity index (χ4n) is 0.893. The van der Waals surface area contributed by atoms with Crippen LogP contribution in [0.2, 0.25) is 0 Å². The first kappa shape index (κ1) is 7.52. The molecule has 0 radical (unpaired) electrons. The second-order valence-electron chi connectivity index (χ2n) is 2.28. The molecule has 62 valence electrons. The molecule has 2 rings (SSSR count). The van der Waals surface area contributed by atoms with Crippen molar-refractivity contribution in [2.75, 3.05) is 0 Å². The average molecular weight is 181 g/mol. The minimum atomic E-state index is -0.0745. The molecule has 12 heavy (non-hydrogen) atoms.